The highest BCUT2D eigenvalue weighted by Crippen LogP contribution is 2.28. The molecule has 5 nitrogen and oxygen atoms in total. The fourth-order valence-electron chi connectivity index (χ4n) is 3.19. The Hall–Kier alpha value is -2.44. The maximum absolute atomic E-state index is 13.8. The van der Waals surface area contributed by atoms with E-state index in [1.54, 1.807) is 11.6 Å². The van der Waals surface area contributed by atoms with Crippen molar-refractivity contribution in [3.63, 3.8) is 0 Å². The number of hydrogen-bond acceptors (Lipinski definition) is 4. The molecule has 1 aromatic heterocycles. The molecule has 1 aliphatic carbocycles. The molecule has 1 fully saturated rings. The van der Waals surface area contributed by atoms with Gasteiger partial charge in [-0.15, -0.1) is 0 Å². The zero-order chi connectivity index (χ0) is 18.5. The Labute approximate surface area is 150 Å². The van der Waals surface area contributed by atoms with Gasteiger partial charge in [0.1, 0.15) is 18.2 Å². The molecular formula is C19H22F2N2O3. The quantitative estimate of drug-likeness (QED) is 0.694. The van der Waals surface area contributed by atoms with Crippen LogP contribution in [0.4, 0.5) is 8.78 Å². The third-order valence-electron chi connectivity index (χ3n) is 4.52. The van der Waals surface area contributed by atoms with E-state index < -0.39 is 17.6 Å². The lowest BCUT2D eigenvalue weighted by atomic mass is 10.1. The van der Waals surface area contributed by atoms with Crippen molar-refractivity contribution in [3.8, 4) is 5.88 Å². The Morgan fingerprint density at radius 2 is 2.04 bits per heavy atom. The zero-order valence-corrected chi connectivity index (χ0v) is 14.7. The number of esters is 1. The minimum Gasteiger partial charge on any atom is -0.473 e. The van der Waals surface area contributed by atoms with Crippen LogP contribution in [0.1, 0.15) is 48.7 Å². The van der Waals surface area contributed by atoms with Gasteiger partial charge >= 0.3 is 5.97 Å². The molecule has 26 heavy (non-hydrogen) atoms. The smallest absolute Gasteiger partial charge is 0.358 e. The summed E-state index contributed by atoms with van der Waals surface area (Å²) >= 11 is 0. The van der Waals surface area contributed by atoms with Crippen LogP contribution in [0.2, 0.25) is 0 Å². The second-order valence-electron chi connectivity index (χ2n) is 6.45. The lowest BCUT2D eigenvalue weighted by Crippen LogP contribution is -2.13. The van der Waals surface area contributed by atoms with Crippen molar-refractivity contribution in [3.05, 3.63) is 47.2 Å². The molecule has 7 heteroatoms. The van der Waals surface area contributed by atoms with E-state index in [1.807, 2.05) is 0 Å². The molecule has 0 saturated heterocycles. The van der Waals surface area contributed by atoms with E-state index in [1.165, 1.54) is 18.9 Å². The molecule has 0 radical (unpaired) electrons. The van der Waals surface area contributed by atoms with Gasteiger partial charge in [-0.2, -0.15) is 5.10 Å². The van der Waals surface area contributed by atoms with Crippen LogP contribution in [0, 0.1) is 17.6 Å². The molecule has 0 atom stereocenters. The predicted octanol–water partition coefficient (Wildman–Crippen LogP) is 4.11. The molecule has 3 rings (SSSR count). The maximum atomic E-state index is 13.8. The van der Waals surface area contributed by atoms with Gasteiger partial charge in [0.2, 0.25) is 5.88 Å². The fourth-order valence-corrected chi connectivity index (χ4v) is 3.19. The predicted molar refractivity (Wildman–Crippen MR) is 90.8 cm³/mol. The van der Waals surface area contributed by atoms with Crippen LogP contribution in [0.3, 0.4) is 0 Å². The van der Waals surface area contributed by atoms with Crippen molar-refractivity contribution >= 4 is 5.97 Å². The Kier molecular flexibility index (Phi) is 5.85. The highest BCUT2D eigenvalue weighted by molar-refractivity contribution is 5.87. The van der Waals surface area contributed by atoms with E-state index >= 15 is 0 Å². The van der Waals surface area contributed by atoms with Crippen molar-refractivity contribution in [1.82, 2.24) is 9.78 Å². The molecule has 140 valence electrons. The third-order valence-corrected chi connectivity index (χ3v) is 4.52. The molecule has 1 heterocycles. The van der Waals surface area contributed by atoms with Crippen molar-refractivity contribution < 1.29 is 23.0 Å². The summed E-state index contributed by atoms with van der Waals surface area (Å²) in [5.41, 5.74) is 0.260. The van der Waals surface area contributed by atoms with Gasteiger partial charge in [0.15, 0.2) is 5.69 Å². The minimum absolute atomic E-state index is 0.108. The summed E-state index contributed by atoms with van der Waals surface area (Å²) in [4.78, 5) is 12.0. The van der Waals surface area contributed by atoms with E-state index in [0.717, 1.165) is 31.0 Å². The molecule has 0 spiro atoms. The van der Waals surface area contributed by atoms with Gasteiger partial charge in [-0.05, 0) is 43.9 Å². The number of nitrogens with zero attached hydrogens (tertiary/aromatic N) is 2. The van der Waals surface area contributed by atoms with Gasteiger partial charge in [0.25, 0.3) is 0 Å². The van der Waals surface area contributed by atoms with Crippen LogP contribution in [0.25, 0.3) is 0 Å². The topological polar surface area (TPSA) is 53.4 Å². The highest BCUT2D eigenvalue weighted by atomic mass is 19.1. The first-order chi connectivity index (χ1) is 12.6. The summed E-state index contributed by atoms with van der Waals surface area (Å²) in [5, 5.41) is 4.29. The number of ether oxygens (including phenoxy) is 2. The largest absolute Gasteiger partial charge is 0.473 e. The lowest BCUT2D eigenvalue weighted by molar-refractivity contribution is 0.0518. The average Bonchev–Trinajstić information content (AvgIpc) is 3.26. The molecular weight excluding hydrogens is 342 g/mol. The van der Waals surface area contributed by atoms with Crippen LogP contribution >= 0.6 is 0 Å². The number of carbonyl (C=O) groups is 1. The number of halogens is 2. The Bertz CT molecular complexity index is 770. The average molecular weight is 364 g/mol. The monoisotopic (exact) mass is 364 g/mol. The van der Waals surface area contributed by atoms with E-state index in [2.05, 4.69) is 5.10 Å². The van der Waals surface area contributed by atoms with Crippen LogP contribution in [0.5, 0.6) is 5.88 Å². The first-order valence-corrected chi connectivity index (χ1v) is 8.88. The first kappa shape index (κ1) is 18.4. The van der Waals surface area contributed by atoms with Gasteiger partial charge in [0, 0.05) is 18.2 Å². The van der Waals surface area contributed by atoms with Gasteiger partial charge in [-0.1, -0.05) is 12.8 Å². The normalized spacial score (nSPS) is 14.6. The number of rotatable bonds is 7. The molecule has 0 amide bonds. The number of hydrogen-bond donors (Lipinski definition) is 0. The molecule has 1 aromatic carbocycles. The summed E-state index contributed by atoms with van der Waals surface area (Å²) in [7, 11) is 0. The zero-order valence-electron chi connectivity index (χ0n) is 14.7. The van der Waals surface area contributed by atoms with Gasteiger partial charge in [-0.25, -0.2) is 18.3 Å². The summed E-state index contributed by atoms with van der Waals surface area (Å²) in [6, 6.07) is 4.71. The van der Waals surface area contributed by atoms with Crippen LogP contribution in [-0.4, -0.2) is 22.4 Å². The second-order valence-corrected chi connectivity index (χ2v) is 6.45. The third kappa shape index (κ3) is 4.39. The van der Waals surface area contributed by atoms with Crippen molar-refractivity contribution in [1.29, 1.82) is 0 Å². The van der Waals surface area contributed by atoms with E-state index in [0.29, 0.717) is 18.3 Å². The maximum Gasteiger partial charge on any atom is 0.358 e. The lowest BCUT2D eigenvalue weighted by Gasteiger charge is -2.13. The summed E-state index contributed by atoms with van der Waals surface area (Å²) in [6.07, 6.45) is 4.57. The molecule has 0 bridgehead atoms. The molecule has 1 aliphatic rings. The molecule has 0 aliphatic heterocycles. The van der Waals surface area contributed by atoms with Crippen molar-refractivity contribution in [2.24, 2.45) is 5.92 Å². The Morgan fingerprint density at radius 1 is 1.27 bits per heavy atom. The standard InChI is InChI=1S/C19H22F2N2O3/c1-2-25-19(24)17-10-18(23(22-17)11-13-5-3-4-6-13)26-12-14-9-15(20)7-8-16(14)21/h7-10,13H,2-6,11-12H2,1H3. The summed E-state index contributed by atoms with van der Waals surface area (Å²) in [5.74, 6) is -0.781. The van der Waals surface area contributed by atoms with Crippen molar-refractivity contribution in [2.45, 2.75) is 45.8 Å². The molecule has 2 aromatic rings. The van der Waals surface area contributed by atoms with Gasteiger partial charge in [-0.3, -0.25) is 0 Å². The van der Waals surface area contributed by atoms with Gasteiger partial charge < -0.3 is 9.47 Å². The molecule has 1 saturated carbocycles. The number of carbonyl (C=O) groups excluding carboxylic acids is 1. The summed E-state index contributed by atoms with van der Waals surface area (Å²) in [6.45, 7) is 2.44. The van der Waals surface area contributed by atoms with Crippen LogP contribution < -0.4 is 4.74 Å². The summed E-state index contributed by atoms with van der Waals surface area (Å²) < 4.78 is 39.4. The Morgan fingerprint density at radius 3 is 2.77 bits per heavy atom. The van der Waals surface area contributed by atoms with Gasteiger partial charge in [0.05, 0.1) is 6.61 Å². The number of benzene rings is 1. The fraction of sp³-hybridized carbons (Fsp3) is 0.474. The Balaban J connectivity index is 1.78. The first-order valence-electron chi connectivity index (χ1n) is 8.88. The minimum atomic E-state index is -0.543. The van der Waals surface area contributed by atoms with Crippen LogP contribution in [0.15, 0.2) is 24.3 Å². The van der Waals surface area contributed by atoms with Crippen LogP contribution in [-0.2, 0) is 17.9 Å². The second kappa shape index (κ2) is 8.29. The van der Waals surface area contributed by atoms with Crippen molar-refractivity contribution in [2.75, 3.05) is 6.61 Å². The van der Waals surface area contributed by atoms with E-state index in [9.17, 15) is 13.6 Å². The molecule has 0 unspecified atom stereocenters. The number of aromatic nitrogens is 2. The van der Waals surface area contributed by atoms with E-state index in [-0.39, 0.29) is 24.5 Å². The van der Waals surface area contributed by atoms with E-state index in [4.69, 9.17) is 9.47 Å². The SMILES string of the molecule is CCOC(=O)c1cc(OCc2cc(F)ccc2F)n(CC2CCCC2)n1. The highest BCUT2D eigenvalue weighted by Gasteiger charge is 2.21. The molecule has 0 N–H and O–H groups in total.